The van der Waals surface area contributed by atoms with Crippen molar-refractivity contribution in [2.45, 2.75) is 0 Å². The Labute approximate surface area is 132 Å². The first-order valence-electron chi connectivity index (χ1n) is 5.39. The highest BCUT2D eigenvalue weighted by atomic mass is 127. The fraction of sp³-hybridized carbons (Fsp3) is 0.0833. The number of halogens is 1. The van der Waals surface area contributed by atoms with Crippen molar-refractivity contribution in [2.24, 2.45) is 0 Å². The molecule has 0 unspecified atom stereocenters. The van der Waals surface area contributed by atoms with Crippen molar-refractivity contribution in [3.8, 4) is 5.75 Å². The number of rotatable bonds is 4. The van der Waals surface area contributed by atoms with Crippen LogP contribution in [0.2, 0.25) is 0 Å². The van der Waals surface area contributed by atoms with Crippen molar-refractivity contribution in [2.75, 3.05) is 12.4 Å². The van der Waals surface area contributed by atoms with Crippen LogP contribution in [0.3, 0.4) is 0 Å². The van der Waals surface area contributed by atoms with Crippen LogP contribution >= 0.6 is 33.9 Å². The molecular formula is C12H9IN2O4S. The summed E-state index contributed by atoms with van der Waals surface area (Å²) in [5, 5.41) is 15.1. The topological polar surface area (TPSA) is 81.5 Å². The number of thiophene rings is 1. The Morgan fingerprint density at radius 1 is 1.45 bits per heavy atom. The summed E-state index contributed by atoms with van der Waals surface area (Å²) in [5.74, 6) is -0.0335. The van der Waals surface area contributed by atoms with E-state index in [1.54, 1.807) is 11.4 Å². The molecule has 0 fully saturated rings. The molecule has 0 bridgehead atoms. The minimum Gasteiger partial charge on any atom is -0.494 e. The molecule has 6 nitrogen and oxygen atoms in total. The van der Waals surface area contributed by atoms with E-state index in [1.165, 1.54) is 36.6 Å². The smallest absolute Gasteiger partial charge is 0.273 e. The molecule has 0 saturated heterocycles. The molecule has 0 aliphatic rings. The zero-order chi connectivity index (χ0) is 14.7. The first kappa shape index (κ1) is 14.7. The molecule has 0 radical (unpaired) electrons. The standard InChI is InChI=1S/C12H9IN2O4S/c1-19-10-5-8(15(17)18)2-3-9(10)14-12(16)7-4-11(13)20-6-7/h2-6H,1H3,(H,14,16). The first-order valence-corrected chi connectivity index (χ1v) is 7.35. The van der Waals surface area contributed by atoms with Crippen molar-refractivity contribution in [3.63, 3.8) is 0 Å². The number of benzene rings is 1. The molecule has 104 valence electrons. The number of carbonyl (C=O) groups is 1. The lowest BCUT2D eigenvalue weighted by atomic mass is 10.2. The largest absolute Gasteiger partial charge is 0.494 e. The summed E-state index contributed by atoms with van der Waals surface area (Å²) in [6.07, 6.45) is 0. The molecule has 0 aliphatic carbocycles. The highest BCUT2D eigenvalue weighted by Gasteiger charge is 2.14. The fourth-order valence-corrected chi connectivity index (χ4v) is 2.85. The molecule has 0 saturated carbocycles. The van der Waals surface area contributed by atoms with Crippen molar-refractivity contribution in [3.05, 3.63) is 48.2 Å². The quantitative estimate of drug-likeness (QED) is 0.480. The Hall–Kier alpha value is -1.68. The van der Waals surface area contributed by atoms with Gasteiger partial charge in [0, 0.05) is 11.4 Å². The first-order chi connectivity index (χ1) is 9.51. The van der Waals surface area contributed by atoms with Crippen LogP contribution in [0.25, 0.3) is 0 Å². The van der Waals surface area contributed by atoms with E-state index in [-0.39, 0.29) is 17.3 Å². The number of non-ortho nitro benzene ring substituents is 1. The lowest BCUT2D eigenvalue weighted by Crippen LogP contribution is -2.11. The van der Waals surface area contributed by atoms with Crippen molar-refractivity contribution in [1.82, 2.24) is 0 Å². The van der Waals surface area contributed by atoms with E-state index < -0.39 is 4.92 Å². The summed E-state index contributed by atoms with van der Waals surface area (Å²) in [5.41, 5.74) is 0.842. The van der Waals surface area contributed by atoms with Crippen molar-refractivity contribution >= 4 is 51.2 Å². The van der Waals surface area contributed by atoms with Gasteiger partial charge in [-0.3, -0.25) is 14.9 Å². The van der Waals surface area contributed by atoms with Crippen LogP contribution in [-0.2, 0) is 0 Å². The number of ether oxygens (including phenoxy) is 1. The summed E-state index contributed by atoms with van der Waals surface area (Å²) in [7, 11) is 1.39. The van der Waals surface area contributed by atoms with Gasteiger partial charge in [0.05, 0.1) is 32.2 Å². The summed E-state index contributed by atoms with van der Waals surface area (Å²) >= 11 is 3.59. The van der Waals surface area contributed by atoms with E-state index in [0.717, 1.165) is 2.88 Å². The third-order valence-corrected chi connectivity index (χ3v) is 4.26. The average molecular weight is 404 g/mol. The third-order valence-electron chi connectivity index (χ3n) is 2.47. The van der Waals surface area contributed by atoms with Gasteiger partial charge in [-0.15, -0.1) is 11.3 Å². The average Bonchev–Trinajstić information content (AvgIpc) is 2.85. The van der Waals surface area contributed by atoms with Gasteiger partial charge in [0.25, 0.3) is 11.6 Å². The zero-order valence-corrected chi connectivity index (χ0v) is 13.2. The molecule has 0 spiro atoms. The predicted octanol–water partition coefficient (Wildman–Crippen LogP) is 3.52. The van der Waals surface area contributed by atoms with Crippen molar-refractivity contribution in [1.29, 1.82) is 0 Å². The number of nitrogens with one attached hydrogen (secondary N) is 1. The third kappa shape index (κ3) is 3.25. The van der Waals surface area contributed by atoms with E-state index in [4.69, 9.17) is 4.74 Å². The molecule has 8 heteroatoms. The van der Waals surface area contributed by atoms with Crippen molar-refractivity contribution < 1.29 is 14.5 Å². The van der Waals surface area contributed by atoms with E-state index in [1.807, 2.05) is 0 Å². The number of hydrogen-bond donors (Lipinski definition) is 1. The molecule has 2 rings (SSSR count). The SMILES string of the molecule is COc1cc([N+](=O)[O-])ccc1NC(=O)c1csc(I)c1. The van der Waals surface area contributed by atoms with Crippen LogP contribution < -0.4 is 10.1 Å². The number of hydrogen-bond acceptors (Lipinski definition) is 5. The number of nitrogens with zero attached hydrogens (tertiary/aromatic N) is 1. The lowest BCUT2D eigenvalue weighted by molar-refractivity contribution is -0.384. The molecule has 1 aromatic carbocycles. The second kappa shape index (κ2) is 6.18. The summed E-state index contributed by atoms with van der Waals surface area (Å²) in [4.78, 5) is 22.2. The van der Waals surface area contributed by atoms with E-state index in [0.29, 0.717) is 11.3 Å². The molecule has 0 aliphatic heterocycles. The van der Waals surface area contributed by atoms with Crippen LogP contribution in [0.15, 0.2) is 29.6 Å². The molecule has 1 aromatic heterocycles. The summed E-state index contributed by atoms with van der Waals surface area (Å²) < 4.78 is 6.06. The number of anilines is 1. The van der Waals surface area contributed by atoms with Crippen LogP contribution in [0.5, 0.6) is 5.75 Å². The Balaban J connectivity index is 2.25. The van der Waals surface area contributed by atoms with E-state index in [2.05, 4.69) is 27.9 Å². The number of nitro groups is 1. The number of amides is 1. The van der Waals surface area contributed by atoms with E-state index in [9.17, 15) is 14.9 Å². The van der Waals surface area contributed by atoms with Crippen LogP contribution in [-0.4, -0.2) is 17.9 Å². The molecule has 1 heterocycles. The Morgan fingerprint density at radius 2 is 2.20 bits per heavy atom. The van der Waals surface area contributed by atoms with Gasteiger partial charge in [-0.25, -0.2) is 0 Å². The van der Waals surface area contributed by atoms with Crippen LogP contribution in [0.1, 0.15) is 10.4 Å². The second-order valence-electron chi connectivity index (χ2n) is 3.74. The van der Waals surface area contributed by atoms with Gasteiger partial charge >= 0.3 is 0 Å². The van der Waals surface area contributed by atoms with Gasteiger partial charge in [0.1, 0.15) is 5.75 Å². The van der Waals surface area contributed by atoms with Gasteiger partial charge in [0.15, 0.2) is 0 Å². The minimum absolute atomic E-state index is 0.0927. The summed E-state index contributed by atoms with van der Waals surface area (Å²) in [6, 6.07) is 5.80. The minimum atomic E-state index is -0.518. The summed E-state index contributed by atoms with van der Waals surface area (Å²) in [6.45, 7) is 0. The molecular weight excluding hydrogens is 395 g/mol. The Kier molecular flexibility index (Phi) is 4.55. The van der Waals surface area contributed by atoms with Gasteiger partial charge in [-0.1, -0.05) is 0 Å². The predicted molar refractivity (Wildman–Crippen MR) is 84.6 cm³/mol. The molecule has 1 amide bonds. The monoisotopic (exact) mass is 404 g/mol. The maximum absolute atomic E-state index is 12.0. The van der Waals surface area contributed by atoms with E-state index >= 15 is 0 Å². The number of nitro benzene ring substituents is 1. The number of methoxy groups -OCH3 is 1. The maximum atomic E-state index is 12.0. The second-order valence-corrected chi connectivity index (χ2v) is 6.54. The fourth-order valence-electron chi connectivity index (χ4n) is 1.52. The highest BCUT2D eigenvalue weighted by Crippen LogP contribution is 2.29. The van der Waals surface area contributed by atoms with Gasteiger partial charge in [0.2, 0.25) is 0 Å². The zero-order valence-electron chi connectivity index (χ0n) is 10.3. The Bertz CT molecular complexity index is 671. The molecule has 2 aromatic rings. The van der Waals surface area contributed by atoms with Gasteiger partial charge < -0.3 is 10.1 Å². The number of carbonyl (C=O) groups excluding carboxylic acids is 1. The van der Waals surface area contributed by atoms with Crippen LogP contribution in [0.4, 0.5) is 11.4 Å². The lowest BCUT2D eigenvalue weighted by Gasteiger charge is -2.09. The molecule has 1 N–H and O–H groups in total. The highest BCUT2D eigenvalue weighted by molar-refractivity contribution is 14.1. The van der Waals surface area contributed by atoms with Gasteiger partial charge in [-0.05, 0) is 34.7 Å². The van der Waals surface area contributed by atoms with Crippen LogP contribution in [0, 0.1) is 13.0 Å². The molecule has 20 heavy (non-hydrogen) atoms. The molecule has 0 atom stereocenters. The normalized spacial score (nSPS) is 10.1. The Morgan fingerprint density at radius 3 is 2.75 bits per heavy atom. The van der Waals surface area contributed by atoms with Gasteiger partial charge in [-0.2, -0.15) is 0 Å². The maximum Gasteiger partial charge on any atom is 0.273 e.